The molecule has 0 unspecified atom stereocenters. The van der Waals surface area contributed by atoms with E-state index in [0.717, 1.165) is 16.7 Å². The standard InChI is InChI=1S/C14H10N4/c15-9-14-12(10-17-18-16)7-4-8-13(14)11-5-2-1-3-6-11/h1-8H,10H2. The Hall–Kier alpha value is -2.76. The van der Waals surface area contributed by atoms with Gasteiger partial charge in [0, 0.05) is 4.91 Å². The lowest BCUT2D eigenvalue weighted by molar-refractivity contribution is 1.04. The van der Waals surface area contributed by atoms with Gasteiger partial charge in [-0.1, -0.05) is 53.6 Å². The second-order valence-electron chi connectivity index (χ2n) is 3.71. The molecule has 2 aromatic rings. The quantitative estimate of drug-likeness (QED) is 0.448. The maximum atomic E-state index is 9.28. The Morgan fingerprint density at radius 1 is 1.11 bits per heavy atom. The Bertz CT molecular complexity index is 635. The van der Waals surface area contributed by atoms with Gasteiger partial charge in [0.05, 0.1) is 12.1 Å². The van der Waals surface area contributed by atoms with Crippen molar-refractivity contribution >= 4 is 0 Å². The third-order valence-electron chi connectivity index (χ3n) is 2.65. The van der Waals surface area contributed by atoms with E-state index in [4.69, 9.17) is 5.53 Å². The van der Waals surface area contributed by atoms with Crippen LogP contribution in [0, 0.1) is 11.3 Å². The number of hydrogen-bond acceptors (Lipinski definition) is 2. The Morgan fingerprint density at radius 2 is 1.89 bits per heavy atom. The number of nitrogens with zero attached hydrogens (tertiary/aromatic N) is 4. The van der Waals surface area contributed by atoms with E-state index in [-0.39, 0.29) is 6.54 Å². The molecule has 0 saturated carbocycles. The number of hydrogen-bond donors (Lipinski definition) is 0. The van der Waals surface area contributed by atoms with Crippen molar-refractivity contribution in [2.45, 2.75) is 6.54 Å². The van der Waals surface area contributed by atoms with Gasteiger partial charge in [-0.3, -0.25) is 0 Å². The largest absolute Gasteiger partial charge is 0.192 e. The molecule has 0 N–H and O–H groups in total. The highest BCUT2D eigenvalue weighted by Gasteiger charge is 2.08. The van der Waals surface area contributed by atoms with Crippen LogP contribution in [0.4, 0.5) is 0 Å². The molecule has 0 radical (unpaired) electrons. The average Bonchev–Trinajstić information content (AvgIpc) is 2.45. The minimum atomic E-state index is 0.195. The van der Waals surface area contributed by atoms with Crippen molar-refractivity contribution in [2.24, 2.45) is 5.11 Å². The number of nitriles is 1. The molecule has 0 aromatic heterocycles. The minimum absolute atomic E-state index is 0.195. The van der Waals surface area contributed by atoms with Crippen molar-refractivity contribution in [1.82, 2.24) is 0 Å². The van der Waals surface area contributed by atoms with Crippen LogP contribution in [0.25, 0.3) is 21.6 Å². The fourth-order valence-electron chi connectivity index (χ4n) is 1.83. The maximum Gasteiger partial charge on any atom is 0.100 e. The summed E-state index contributed by atoms with van der Waals surface area (Å²) < 4.78 is 0. The van der Waals surface area contributed by atoms with E-state index in [2.05, 4.69) is 16.1 Å². The summed E-state index contributed by atoms with van der Waals surface area (Å²) in [5.41, 5.74) is 11.5. The van der Waals surface area contributed by atoms with Crippen molar-refractivity contribution in [3.8, 4) is 17.2 Å². The van der Waals surface area contributed by atoms with Gasteiger partial charge in [-0.15, -0.1) is 0 Å². The Balaban J connectivity index is 2.56. The Kier molecular flexibility index (Phi) is 3.60. The van der Waals surface area contributed by atoms with Crippen molar-refractivity contribution in [1.29, 1.82) is 5.26 Å². The molecular weight excluding hydrogens is 224 g/mol. The van der Waals surface area contributed by atoms with Crippen LogP contribution in [-0.4, -0.2) is 0 Å². The maximum absolute atomic E-state index is 9.28. The van der Waals surface area contributed by atoms with Crippen molar-refractivity contribution in [3.63, 3.8) is 0 Å². The van der Waals surface area contributed by atoms with E-state index >= 15 is 0 Å². The van der Waals surface area contributed by atoms with Crippen molar-refractivity contribution in [2.75, 3.05) is 0 Å². The number of benzene rings is 2. The number of rotatable bonds is 3. The Labute approximate surface area is 105 Å². The average molecular weight is 234 g/mol. The van der Waals surface area contributed by atoms with Crippen LogP contribution in [0.15, 0.2) is 53.6 Å². The van der Waals surface area contributed by atoms with Crippen molar-refractivity contribution < 1.29 is 0 Å². The molecule has 0 aliphatic rings. The SMILES string of the molecule is N#Cc1c(CN=[N+]=[N-])cccc1-c1ccccc1. The summed E-state index contributed by atoms with van der Waals surface area (Å²) in [6.07, 6.45) is 0. The van der Waals surface area contributed by atoms with Gasteiger partial charge in [0.15, 0.2) is 0 Å². The molecule has 2 rings (SSSR count). The highest BCUT2D eigenvalue weighted by molar-refractivity contribution is 5.72. The molecule has 0 spiro atoms. The van der Waals surface area contributed by atoms with Crippen molar-refractivity contribution in [3.05, 3.63) is 70.1 Å². The minimum Gasteiger partial charge on any atom is -0.192 e. The number of azide groups is 1. The third-order valence-corrected chi connectivity index (χ3v) is 2.65. The molecule has 0 saturated heterocycles. The van der Waals surface area contributed by atoms with Gasteiger partial charge in [-0.25, -0.2) is 0 Å². The predicted octanol–water partition coefficient (Wildman–Crippen LogP) is 4.04. The van der Waals surface area contributed by atoms with E-state index in [1.54, 1.807) is 6.07 Å². The topological polar surface area (TPSA) is 72.5 Å². The summed E-state index contributed by atoms with van der Waals surface area (Å²) in [5.74, 6) is 0. The normalized spacial score (nSPS) is 9.28. The molecule has 0 fully saturated rings. The lowest BCUT2D eigenvalue weighted by Gasteiger charge is -2.07. The van der Waals surface area contributed by atoms with Crippen LogP contribution in [0.3, 0.4) is 0 Å². The monoisotopic (exact) mass is 234 g/mol. The Morgan fingerprint density at radius 3 is 2.56 bits per heavy atom. The highest BCUT2D eigenvalue weighted by Crippen LogP contribution is 2.26. The van der Waals surface area contributed by atoms with Crippen LogP contribution in [0.5, 0.6) is 0 Å². The molecule has 0 atom stereocenters. The molecule has 0 aliphatic carbocycles. The lowest BCUT2D eigenvalue weighted by Crippen LogP contribution is -1.91. The molecule has 0 bridgehead atoms. The molecule has 0 aliphatic heterocycles. The first-order valence-corrected chi connectivity index (χ1v) is 5.45. The van der Waals surface area contributed by atoms with E-state index in [1.807, 2.05) is 42.5 Å². The molecule has 4 nitrogen and oxygen atoms in total. The smallest absolute Gasteiger partial charge is 0.100 e. The van der Waals surface area contributed by atoms with Gasteiger partial charge in [0.2, 0.25) is 0 Å². The summed E-state index contributed by atoms with van der Waals surface area (Å²) in [6.45, 7) is 0.195. The van der Waals surface area contributed by atoms with E-state index in [1.165, 1.54) is 0 Å². The fraction of sp³-hybridized carbons (Fsp3) is 0.0714. The summed E-state index contributed by atoms with van der Waals surface area (Å²) in [4.78, 5) is 2.72. The van der Waals surface area contributed by atoms with Crippen LogP contribution < -0.4 is 0 Å². The molecule has 0 amide bonds. The second-order valence-corrected chi connectivity index (χ2v) is 3.71. The van der Waals surface area contributed by atoms with Gasteiger partial charge in [0.25, 0.3) is 0 Å². The zero-order valence-corrected chi connectivity index (χ0v) is 9.61. The van der Waals surface area contributed by atoms with Crippen LogP contribution >= 0.6 is 0 Å². The molecule has 18 heavy (non-hydrogen) atoms. The van der Waals surface area contributed by atoms with Crippen LogP contribution in [0.1, 0.15) is 11.1 Å². The van der Waals surface area contributed by atoms with Gasteiger partial charge >= 0.3 is 0 Å². The zero-order chi connectivity index (χ0) is 12.8. The second kappa shape index (κ2) is 5.53. The highest BCUT2D eigenvalue weighted by atomic mass is 15.1. The molecular formula is C14H10N4. The third kappa shape index (κ3) is 2.32. The van der Waals surface area contributed by atoms with Gasteiger partial charge < -0.3 is 0 Å². The first-order chi connectivity index (χ1) is 8.86. The van der Waals surface area contributed by atoms with Gasteiger partial charge in [-0.2, -0.15) is 5.26 Å². The summed E-state index contributed by atoms with van der Waals surface area (Å²) in [5, 5.41) is 12.8. The van der Waals surface area contributed by atoms with Gasteiger partial charge in [0.1, 0.15) is 6.07 Å². The van der Waals surface area contributed by atoms with E-state index in [0.29, 0.717) is 5.56 Å². The summed E-state index contributed by atoms with van der Waals surface area (Å²) in [7, 11) is 0. The summed E-state index contributed by atoms with van der Waals surface area (Å²) >= 11 is 0. The molecule has 86 valence electrons. The van der Waals surface area contributed by atoms with Crippen LogP contribution in [-0.2, 0) is 6.54 Å². The first kappa shape index (κ1) is 11.7. The zero-order valence-electron chi connectivity index (χ0n) is 9.61. The summed E-state index contributed by atoms with van der Waals surface area (Å²) in [6, 6.07) is 17.4. The lowest BCUT2D eigenvalue weighted by atomic mass is 9.96. The van der Waals surface area contributed by atoms with Gasteiger partial charge in [-0.05, 0) is 22.2 Å². The fourth-order valence-corrected chi connectivity index (χ4v) is 1.83. The van der Waals surface area contributed by atoms with E-state index in [9.17, 15) is 5.26 Å². The molecule has 0 heterocycles. The first-order valence-electron chi connectivity index (χ1n) is 5.45. The predicted molar refractivity (Wildman–Crippen MR) is 69.4 cm³/mol. The van der Waals surface area contributed by atoms with E-state index < -0.39 is 0 Å². The molecule has 4 heteroatoms. The van der Waals surface area contributed by atoms with Crippen LogP contribution in [0.2, 0.25) is 0 Å². The molecule has 2 aromatic carbocycles.